The monoisotopic (exact) mass is 336 g/mol. The van der Waals surface area contributed by atoms with Gasteiger partial charge in [-0.05, 0) is 59.5 Å². The molecule has 6 nitrogen and oxygen atoms in total. The van der Waals surface area contributed by atoms with Crippen LogP contribution in [0.2, 0.25) is 0 Å². The number of nitrogens with zero attached hydrogens (tertiary/aromatic N) is 1. The number of hydrogen-bond donors (Lipinski definition) is 3. The number of amidine groups is 1. The number of amides is 1. The summed E-state index contributed by atoms with van der Waals surface area (Å²) < 4.78 is 5.36. The van der Waals surface area contributed by atoms with Gasteiger partial charge in [-0.3, -0.25) is 5.43 Å². The molecular formula is C18H32N4O2. The van der Waals surface area contributed by atoms with Gasteiger partial charge in [0.2, 0.25) is 0 Å². The zero-order chi connectivity index (χ0) is 17.8. The van der Waals surface area contributed by atoms with Gasteiger partial charge >= 0.3 is 6.09 Å². The molecule has 1 amide bonds. The van der Waals surface area contributed by atoms with Gasteiger partial charge in [-0.15, -0.1) is 0 Å². The number of rotatable bonds is 3. The molecular weight excluding hydrogens is 304 g/mol. The first-order chi connectivity index (χ1) is 11.2. The molecule has 1 aliphatic carbocycles. The van der Waals surface area contributed by atoms with Gasteiger partial charge in [0, 0.05) is 18.2 Å². The lowest BCUT2D eigenvalue weighted by molar-refractivity contribution is 0.0489. The summed E-state index contributed by atoms with van der Waals surface area (Å²) in [6, 6.07) is 0.132. The Hall–Kier alpha value is -1.72. The number of carbonyl (C=O) groups is 1. The second-order valence-electron chi connectivity index (χ2n) is 8.06. The van der Waals surface area contributed by atoms with Crippen LogP contribution >= 0.6 is 0 Å². The highest BCUT2D eigenvalue weighted by molar-refractivity contribution is 5.85. The fourth-order valence-electron chi connectivity index (χ4n) is 3.02. The molecule has 1 heterocycles. The van der Waals surface area contributed by atoms with E-state index in [4.69, 9.17) is 4.74 Å². The molecule has 2 rings (SSSR count). The summed E-state index contributed by atoms with van der Waals surface area (Å²) in [7, 11) is 0. The van der Waals surface area contributed by atoms with Crippen molar-refractivity contribution in [3.8, 4) is 0 Å². The second kappa shape index (κ2) is 7.45. The molecule has 3 atom stereocenters. The number of ether oxygens (including phenoxy) is 1. The van der Waals surface area contributed by atoms with Crippen molar-refractivity contribution in [1.29, 1.82) is 0 Å². The highest BCUT2D eigenvalue weighted by Gasteiger charge is 2.29. The predicted molar refractivity (Wildman–Crippen MR) is 96.7 cm³/mol. The van der Waals surface area contributed by atoms with Crippen molar-refractivity contribution in [1.82, 2.24) is 16.1 Å². The number of alkyl carbamates (subject to hydrolysis) is 1. The van der Waals surface area contributed by atoms with Crippen LogP contribution in [-0.4, -0.2) is 29.1 Å². The molecule has 1 fully saturated rings. The van der Waals surface area contributed by atoms with Crippen LogP contribution in [0, 0.1) is 5.92 Å². The highest BCUT2D eigenvalue weighted by atomic mass is 16.6. The maximum absolute atomic E-state index is 12.0. The highest BCUT2D eigenvalue weighted by Crippen LogP contribution is 2.26. The number of nitrogens with one attached hydrogen (secondary N) is 3. The molecule has 0 saturated heterocycles. The molecule has 6 heteroatoms. The lowest BCUT2D eigenvalue weighted by Crippen LogP contribution is -2.44. The van der Waals surface area contributed by atoms with Gasteiger partial charge in [0.05, 0.1) is 5.54 Å². The molecule has 136 valence electrons. The third-order valence-corrected chi connectivity index (χ3v) is 4.63. The van der Waals surface area contributed by atoms with E-state index >= 15 is 0 Å². The Morgan fingerprint density at radius 1 is 1.46 bits per heavy atom. The van der Waals surface area contributed by atoms with E-state index in [9.17, 15) is 4.79 Å². The summed E-state index contributed by atoms with van der Waals surface area (Å²) in [5, 5.41) is 10.9. The van der Waals surface area contributed by atoms with E-state index in [-0.39, 0.29) is 17.7 Å². The Kier molecular flexibility index (Phi) is 5.78. The first-order valence-electron chi connectivity index (χ1n) is 8.99. The van der Waals surface area contributed by atoms with Crippen LogP contribution in [0.1, 0.15) is 66.7 Å². The average molecular weight is 336 g/mol. The van der Waals surface area contributed by atoms with E-state index in [0.717, 1.165) is 37.9 Å². The Labute approximate surface area is 145 Å². The third-order valence-electron chi connectivity index (χ3n) is 4.63. The molecule has 2 aliphatic rings. The first-order valence-corrected chi connectivity index (χ1v) is 8.99. The first kappa shape index (κ1) is 18.6. The van der Waals surface area contributed by atoms with Crippen LogP contribution in [0.5, 0.6) is 0 Å². The maximum Gasteiger partial charge on any atom is 0.407 e. The molecule has 0 aromatic carbocycles. The van der Waals surface area contributed by atoms with Crippen molar-refractivity contribution >= 4 is 11.9 Å². The zero-order valence-corrected chi connectivity index (χ0v) is 15.6. The minimum atomic E-state index is -0.468. The van der Waals surface area contributed by atoms with Gasteiger partial charge in [-0.25, -0.2) is 4.79 Å². The average Bonchev–Trinajstić information content (AvgIpc) is 2.68. The second-order valence-corrected chi connectivity index (χ2v) is 8.06. The fraction of sp³-hybridized carbons (Fsp3) is 0.778. The van der Waals surface area contributed by atoms with Crippen molar-refractivity contribution in [2.45, 2.75) is 83.9 Å². The lowest BCUT2D eigenvalue weighted by Gasteiger charge is -2.31. The molecule has 0 radical (unpaired) electrons. The summed E-state index contributed by atoms with van der Waals surface area (Å²) in [6.45, 7) is 9.90. The number of hydrogen-bond acceptors (Lipinski definition) is 5. The Balaban J connectivity index is 1.93. The SMILES string of the molecule is CCC1(C)C=CNC([C@H]2CCC[C@@H](NC(=O)OC(C)(C)C)C2)=NN1. The molecule has 3 N–H and O–H groups in total. The van der Waals surface area contributed by atoms with Crippen LogP contribution in [-0.2, 0) is 4.74 Å². The van der Waals surface area contributed by atoms with Crippen LogP contribution in [0.3, 0.4) is 0 Å². The number of hydrazone groups is 1. The summed E-state index contributed by atoms with van der Waals surface area (Å²) >= 11 is 0. The minimum absolute atomic E-state index is 0.114. The molecule has 24 heavy (non-hydrogen) atoms. The third kappa shape index (κ3) is 5.42. The van der Waals surface area contributed by atoms with Crippen molar-refractivity contribution in [3.05, 3.63) is 12.3 Å². The van der Waals surface area contributed by atoms with Crippen LogP contribution in [0.25, 0.3) is 0 Å². The van der Waals surface area contributed by atoms with E-state index in [1.54, 1.807) is 0 Å². The van der Waals surface area contributed by atoms with E-state index in [2.05, 4.69) is 41.1 Å². The van der Waals surface area contributed by atoms with Gasteiger partial charge in [-0.1, -0.05) is 13.3 Å². The van der Waals surface area contributed by atoms with Crippen molar-refractivity contribution in [2.24, 2.45) is 11.0 Å². The molecule has 0 aromatic heterocycles. The molecule has 1 aliphatic heterocycles. The Morgan fingerprint density at radius 2 is 2.21 bits per heavy atom. The van der Waals surface area contributed by atoms with E-state index in [1.165, 1.54) is 0 Å². The predicted octanol–water partition coefficient (Wildman–Crippen LogP) is 3.26. The zero-order valence-electron chi connectivity index (χ0n) is 15.6. The normalized spacial score (nSPS) is 30.5. The minimum Gasteiger partial charge on any atom is -0.444 e. The van der Waals surface area contributed by atoms with E-state index in [1.807, 2.05) is 27.0 Å². The van der Waals surface area contributed by atoms with E-state index < -0.39 is 5.60 Å². The summed E-state index contributed by atoms with van der Waals surface area (Å²) in [5.74, 6) is 1.27. The summed E-state index contributed by atoms with van der Waals surface area (Å²) in [6.07, 6.45) is 8.74. The summed E-state index contributed by atoms with van der Waals surface area (Å²) in [4.78, 5) is 12.0. The largest absolute Gasteiger partial charge is 0.444 e. The van der Waals surface area contributed by atoms with Crippen molar-refractivity contribution in [3.63, 3.8) is 0 Å². The standard InChI is InChI=1S/C18H32N4O2/c1-6-18(5)10-11-19-15(21-22-18)13-8-7-9-14(12-13)20-16(23)24-17(2,3)4/h10-11,13-14,22H,6-9,12H2,1-5H3,(H,19,21)(H,20,23)/t13-,14+,18?/m0/s1. The maximum atomic E-state index is 12.0. The lowest BCUT2D eigenvalue weighted by atomic mass is 9.85. The van der Waals surface area contributed by atoms with Gasteiger partial charge in [0.25, 0.3) is 0 Å². The fourth-order valence-corrected chi connectivity index (χ4v) is 3.02. The van der Waals surface area contributed by atoms with Gasteiger partial charge in [0.1, 0.15) is 11.4 Å². The summed E-state index contributed by atoms with van der Waals surface area (Å²) in [5.41, 5.74) is 2.69. The van der Waals surface area contributed by atoms with E-state index in [0.29, 0.717) is 5.92 Å². The van der Waals surface area contributed by atoms with Gasteiger partial charge in [0.15, 0.2) is 0 Å². The molecule has 1 saturated carbocycles. The molecule has 0 spiro atoms. The van der Waals surface area contributed by atoms with Gasteiger partial charge < -0.3 is 15.4 Å². The van der Waals surface area contributed by atoms with Crippen molar-refractivity contribution < 1.29 is 9.53 Å². The van der Waals surface area contributed by atoms with Crippen molar-refractivity contribution in [2.75, 3.05) is 0 Å². The number of carbonyl (C=O) groups excluding carboxylic acids is 1. The molecule has 0 bridgehead atoms. The van der Waals surface area contributed by atoms with Gasteiger partial charge in [-0.2, -0.15) is 5.10 Å². The Bertz CT molecular complexity index is 510. The quantitative estimate of drug-likeness (QED) is 0.739. The Morgan fingerprint density at radius 3 is 2.88 bits per heavy atom. The topological polar surface area (TPSA) is 74.8 Å². The smallest absolute Gasteiger partial charge is 0.407 e. The van der Waals surface area contributed by atoms with Crippen LogP contribution < -0.4 is 16.1 Å². The van der Waals surface area contributed by atoms with Crippen LogP contribution in [0.15, 0.2) is 17.4 Å². The molecule has 0 aromatic rings. The van der Waals surface area contributed by atoms with Crippen LogP contribution in [0.4, 0.5) is 4.79 Å². The molecule has 1 unspecified atom stereocenters.